The van der Waals surface area contributed by atoms with Crippen LogP contribution in [-0.4, -0.2) is 4.98 Å². The summed E-state index contributed by atoms with van der Waals surface area (Å²) in [6, 6.07) is 7.76. The first kappa shape index (κ1) is 11.1. The molecule has 1 aromatic heterocycles. The largest absolute Gasteiger partial charge is 0.431 e. The molecule has 16 heavy (non-hydrogen) atoms. The number of benzene rings is 1. The molecule has 0 amide bonds. The Labute approximate surface area is 98.9 Å². The van der Waals surface area contributed by atoms with E-state index < -0.39 is 0 Å². The highest BCUT2D eigenvalue weighted by molar-refractivity contribution is 7.13. The number of nitrogens with two attached hydrogens (primary N) is 1. The Kier molecular flexibility index (Phi) is 3.22. The summed E-state index contributed by atoms with van der Waals surface area (Å²) >= 11 is 1.56. The summed E-state index contributed by atoms with van der Waals surface area (Å²) in [4.78, 5) is 5.51. The summed E-state index contributed by atoms with van der Waals surface area (Å²) in [5.41, 5.74) is 7.65. The van der Waals surface area contributed by atoms with Crippen molar-refractivity contribution < 1.29 is 4.74 Å². The van der Waals surface area contributed by atoms with Crippen LogP contribution >= 0.6 is 11.3 Å². The summed E-state index contributed by atoms with van der Waals surface area (Å²) in [6.45, 7) is 4.54. The molecule has 2 N–H and O–H groups in total. The summed E-state index contributed by atoms with van der Waals surface area (Å²) in [6.07, 6.45) is 0. The number of thiazole rings is 1. The Bertz CT molecular complexity index is 474. The van der Waals surface area contributed by atoms with Crippen LogP contribution in [0.5, 0.6) is 10.9 Å². The molecule has 3 nitrogen and oxygen atoms in total. The van der Waals surface area contributed by atoms with Gasteiger partial charge >= 0.3 is 0 Å². The Morgan fingerprint density at radius 1 is 1.38 bits per heavy atom. The van der Waals surface area contributed by atoms with Crippen LogP contribution in [0.2, 0.25) is 0 Å². The van der Waals surface area contributed by atoms with Gasteiger partial charge in [0.1, 0.15) is 5.75 Å². The van der Waals surface area contributed by atoms with E-state index in [1.807, 2.05) is 38.1 Å². The number of hydrogen-bond acceptors (Lipinski definition) is 4. The lowest BCUT2D eigenvalue weighted by atomic mass is 10.2. The van der Waals surface area contributed by atoms with Crippen LogP contribution in [-0.2, 0) is 6.54 Å². The Hall–Kier alpha value is -1.39. The molecule has 0 unspecified atom stereocenters. The van der Waals surface area contributed by atoms with Gasteiger partial charge in [-0.1, -0.05) is 23.5 Å². The third kappa shape index (κ3) is 2.40. The first-order valence-corrected chi connectivity index (χ1v) is 5.91. The van der Waals surface area contributed by atoms with Crippen molar-refractivity contribution in [2.45, 2.75) is 20.4 Å². The Balaban J connectivity index is 2.20. The third-order valence-electron chi connectivity index (χ3n) is 2.35. The van der Waals surface area contributed by atoms with Crippen molar-refractivity contribution in [3.8, 4) is 10.9 Å². The lowest BCUT2D eigenvalue weighted by molar-refractivity contribution is 0.477. The van der Waals surface area contributed by atoms with Gasteiger partial charge in [0.25, 0.3) is 5.19 Å². The minimum absolute atomic E-state index is 0.521. The third-order valence-corrected chi connectivity index (χ3v) is 3.30. The molecule has 0 atom stereocenters. The van der Waals surface area contributed by atoms with Crippen molar-refractivity contribution in [2.75, 3.05) is 0 Å². The zero-order valence-corrected chi connectivity index (χ0v) is 10.2. The molecule has 2 aromatic rings. The van der Waals surface area contributed by atoms with Crippen LogP contribution in [0.25, 0.3) is 0 Å². The predicted octanol–water partition coefficient (Wildman–Crippen LogP) is 3.01. The number of rotatable bonds is 3. The molecule has 1 heterocycles. The van der Waals surface area contributed by atoms with E-state index in [-0.39, 0.29) is 0 Å². The van der Waals surface area contributed by atoms with E-state index in [9.17, 15) is 0 Å². The fraction of sp³-hybridized carbons (Fsp3) is 0.250. The molecule has 84 valence electrons. The lowest BCUT2D eigenvalue weighted by Crippen LogP contribution is -1.95. The van der Waals surface area contributed by atoms with Gasteiger partial charge in [-0.3, -0.25) is 0 Å². The van der Waals surface area contributed by atoms with Crippen molar-refractivity contribution >= 4 is 11.3 Å². The minimum Gasteiger partial charge on any atom is -0.431 e. The van der Waals surface area contributed by atoms with Crippen molar-refractivity contribution in [1.82, 2.24) is 4.98 Å². The second kappa shape index (κ2) is 4.63. The fourth-order valence-electron chi connectivity index (χ4n) is 1.32. The minimum atomic E-state index is 0.521. The number of aryl methyl sites for hydroxylation is 2. The molecule has 0 bridgehead atoms. The van der Waals surface area contributed by atoms with Crippen LogP contribution in [0, 0.1) is 13.8 Å². The first-order chi connectivity index (χ1) is 7.69. The average Bonchev–Trinajstić information content (AvgIpc) is 2.58. The molecule has 0 spiro atoms. The van der Waals surface area contributed by atoms with Crippen LogP contribution in [0.3, 0.4) is 0 Å². The topological polar surface area (TPSA) is 48.1 Å². The van der Waals surface area contributed by atoms with Crippen molar-refractivity contribution in [1.29, 1.82) is 0 Å². The monoisotopic (exact) mass is 234 g/mol. The van der Waals surface area contributed by atoms with Gasteiger partial charge in [0.15, 0.2) is 0 Å². The molecular formula is C12H14N2OS. The van der Waals surface area contributed by atoms with Crippen molar-refractivity contribution in [3.05, 3.63) is 40.4 Å². The summed E-state index contributed by atoms with van der Waals surface area (Å²) in [7, 11) is 0. The molecule has 1 aromatic carbocycles. The van der Waals surface area contributed by atoms with Crippen LogP contribution in [0.4, 0.5) is 0 Å². The van der Waals surface area contributed by atoms with Crippen molar-refractivity contribution in [2.24, 2.45) is 5.73 Å². The maximum atomic E-state index is 5.67. The molecule has 0 aliphatic heterocycles. The number of hydrogen-bond donors (Lipinski definition) is 1. The quantitative estimate of drug-likeness (QED) is 0.888. The zero-order valence-electron chi connectivity index (χ0n) is 9.36. The van der Waals surface area contributed by atoms with Crippen LogP contribution in [0.1, 0.15) is 16.1 Å². The van der Waals surface area contributed by atoms with E-state index in [4.69, 9.17) is 10.5 Å². The normalized spacial score (nSPS) is 10.4. The lowest BCUT2D eigenvalue weighted by Gasteiger charge is -2.03. The van der Waals surface area contributed by atoms with Crippen molar-refractivity contribution in [3.63, 3.8) is 0 Å². The highest BCUT2D eigenvalue weighted by Crippen LogP contribution is 2.28. The zero-order chi connectivity index (χ0) is 11.5. The predicted molar refractivity (Wildman–Crippen MR) is 66.0 cm³/mol. The highest BCUT2D eigenvalue weighted by Gasteiger charge is 2.05. The molecular weight excluding hydrogens is 220 g/mol. The van der Waals surface area contributed by atoms with Gasteiger partial charge < -0.3 is 10.5 Å². The van der Waals surface area contributed by atoms with Gasteiger partial charge in [0, 0.05) is 11.4 Å². The maximum Gasteiger partial charge on any atom is 0.279 e. The van der Waals surface area contributed by atoms with E-state index in [0.29, 0.717) is 11.7 Å². The molecule has 0 saturated carbocycles. The number of nitrogens with zero attached hydrogens (tertiary/aromatic N) is 1. The molecule has 4 heteroatoms. The Morgan fingerprint density at radius 2 is 2.19 bits per heavy atom. The van der Waals surface area contributed by atoms with Crippen LogP contribution in [0.15, 0.2) is 24.3 Å². The van der Waals surface area contributed by atoms with Gasteiger partial charge in [0.05, 0.1) is 5.69 Å². The average molecular weight is 234 g/mol. The van der Waals surface area contributed by atoms with Gasteiger partial charge in [-0.15, -0.1) is 0 Å². The second-order valence-corrected chi connectivity index (χ2v) is 4.74. The smallest absolute Gasteiger partial charge is 0.279 e. The highest BCUT2D eigenvalue weighted by atomic mass is 32.1. The van der Waals surface area contributed by atoms with E-state index in [0.717, 1.165) is 17.0 Å². The molecule has 0 aliphatic rings. The van der Waals surface area contributed by atoms with E-state index in [1.165, 1.54) is 4.88 Å². The summed E-state index contributed by atoms with van der Waals surface area (Å²) in [5.74, 6) is 0.789. The first-order valence-electron chi connectivity index (χ1n) is 5.10. The SMILES string of the molecule is Cc1nc(Oc2cccc(CN)c2)sc1C. The number of ether oxygens (including phenoxy) is 1. The number of aromatic nitrogens is 1. The molecule has 2 rings (SSSR count). The maximum absolute atomic E-state index is 5.67. The molecule has 0 aliphatic carbocycles. The molecule has 0 saturated heterocycles. The fourth-order valence-corrected chi connectivity index (χ4v) is 2.10. The van der Waals surface area contributed by atoms with Crippen LogP contribution < -0.4 is 10.5 Å². The van der Waals surface area contributed by atoms with Gasteiger partial charge in [-0.05, 0) is 31.5 Å². The van der Waals surface area contributed by atoms with Gasteiger partial charge in [-0.2, -0.15) is 0 Å². The van der Waals surface area contributed by atoms with Gasteiger partial charge in [-0.25, -0.2) is 4.98 Å². The van der Waals surface area contributed by atoms with E-state index >= 15 is 0 Å². The molecule has 0 radical (unpaired) electrons. The summed E-state index contributed by atoms with van der Waals surface area (Å²) < 4.78 is 5.67. The van der Waals surface area contributed by atoms with E-state index in [2.05, 4.69) is 4.98 Å². The summed E-state index contributed by atoms with van der Waals surface area (Å²) in [5, 5.41) is 0.684. The standard InChI is InChI=1S/C12H14N2OS/c1-8-9(2)16-12(14-8)15-11-5-3-4-10(6-11)7-13/h3-6H,7,13H2,1-2H3. The van der Waals surface area contributed by atoms with Gasteiger partial charge in [0.2, 0.25) is 0 Å². The Morgan fingerprint density at radius 3 is 2.81 bits per heavy atom. The molecule has 0 fully saturated rings. The van der Waals surface area contributed by atoms with E-state index in [1.54, 1.807) is 11.3 Å². The second-order valence-electron chi connectivity index (χ2n) is 3.57.